The smallest absolute Gasteiger partial charge is 0.251 e. The first-order valence-electron chi connectivity index (χ1n) is 8.37. The van der Waals surface area contributed by atoms with Gasteiger partial charge in [0.2, 0.25) is 0 Å². The molecule has 2 aromatic carbocycles. The first-order valence-corrected chi connectivity index (χ1v) is 8.37. The highest BCUT2D eigenvalue weighted by Crippen LogP contribution is 2.14. The first kappa shape index (κ1) is 17.9. The Morgan fingerprint density at radius 3 is 2.25 bits per heavy atom. The summed E-state index contributed by atoms with van der Waals surface area (Å²) in [6.45, 7) is 3.37. The number of ether oxygens (including phenoxy) is 2. The van der Waals surface area contributed by atoms with Crippen LogP contribution >= 0.6 is 0 Å². The Bertz CT molecular complexity index is 620. The average Bonchev–Trinajstić information content (AvgIpc) is 2.64. The third-order valence-corrected chi connectivity index (χ3v) is 3.75. The largest absolute Gasteiger partial charge is 0.497 e. The Labute approximate surface area is 143 Å². The summed E-state index contributed by atoms with van der Waals surface area (Å²) in [5.74, 6) is 1.51. The summed E-state index contributed by atoms with van der Waals surface area (Å²) in [5.41, 5.74) is 1.66. The highest BCUT2D eigenvalue weighted by molar-refractivity contribution is 5.94. The molecular weight excluding hydrogens is 302 g/mol. The molecule has 0 bridgehead atoms. The molecule has 2 rings (SSSR count). The first-order chi connectivity index (χ1) is 11.7. The van der Waals surface area contributed by atoms with Crippen molar-refractivity contribution >= 4 is 5.91 Å². The second kappa shape index (κ2) is 9.60. The van der Waals surface area contributed by atoms with Crippen molar-refractivity contribution in [1.29, 1.82) is 0 Å². The lowest BCUT2D eigenvalue weighted by atomic mass is 10.2. The van der Waals surface area contributed by atoms with Crippen LogP contribution < -0.4 is 14.8 Å². The van der Waals surface area contributed by atoms with E-state index in [1.165, 1.54) is 12.8 Å². The lowest BCUT2D eigenvalue weighted by Gasteiger charge is -2.08. The van der Waals surface area contributed by atoms with Gasteiger partial charge in [0.05, 0.1) is 13.7 Å². The minimum Gasteiger partial charge on any atom is -0.497 e. The van der Waals surface area contributed by atoms with E-state index in [1.54, 1.807) is 19.2 Å². The predicted molar refractivity (Wildman–Crippen MR) is 95.6 cm³/mol. The molecule has 4 nitrogen and oxygen atoms in total. The third kappa shape index (κ3) is 5.61. The van der Waals surface area contributed by atoms with Gasteiger partial charge in [-0.15, -0.1) is 0 Å². The summed E-state index contributed by atoms with van der Waals surface area (Å²) in [7, 11) is 1.63. The molecule has 0 fully saturated rings. The number of carbonyl (C=O) groups excluding carboxylic acids is 1. The van der Waals surface area contributed by atoms with E-state index in [2.05, 4.69) is 12.2 Å². The van der Waals surface area contributed by atoms with Crippen LogP contribution in [-0.2, 0) is 6.54 Å². The zero-order valence-electron chi connectivity index (χ0n) is 14.4. The summed E-state index contributed by atoms with van der Waals surface area (Å²) in [6, 6.07) is 14.9. The van der Waals surface area contributed by atoms with E-state index in [-0.39, 0.29) is 5.91 Å². The summed E-state index contributed by atoms with van der Waals surface area (Å²) in [4.78, 5) is 12.2. The normalized spacial score (nSPS) is 10.2. The second-order valence-electron chi connectivity index (χ2n) is 5.61. The number of nitrogens with one attached hydrogen (secondary N) is 1. The van der Waals surface area contributed by atoms with Crippen LogP contribution in [0.2, 0.25) is 0 Å². The molecule has 0 unspecified atom stereocenters. The maximum Gasteiger partial charge on any atom is 0.251 e. The molecule has 1 amide bonds. The van der Waals surface area contributed by atoms with Gasteiger partial charge in [-0.2, -0.15) is 0 Å². The van der Waals surface area contributed by atoms with Crippen molar-refractivity contribution < 1.29 is 14.3 Å². The quantitative estimate of drug-likeness (QED) is 0.702. The van der Waals surface area contributed by atoms with Gasteiger partial charge in [0, 0.05) is 12.1 Å². The van der Waals surface area contributed by atoms with Crippen LogP contribution in [0.15, 0.2) is 48.5 Å². The van der Waals surface area contributed by atoms with Crippen molar-refractivity contribution in [3.8, 4) is 11.5 Å². The van der Waals surface area contributed by atoms with E-state index in [0.29, 0.717) is 12.1 Å². The monoisotopic (exact) mass is 327 g/mol. The Balaban J connectivity index is 1.81. The number of hydrogen-bond acceptors (Lipinski definition) is 3. The van der Waals surface area contributed by atoms with Gasteiger partial charge in [0.1, 0.15) is 11.5 Å². The number of methoxy groups -OCH3 is 1. The van der Waals surface area contributed by atoms with Gasteiger partial charge >= 0.3 is 0 Å². The van der Waals surface area contributed by atoms with E-state index in [1.807, 2.05) is 36.4 Å². The molecule has 0 aliphatic heterocycles. The molecule has 0 aliphatic carbocycles. The topological polar surface area (TPSA) is 47.6 Å². The van der Waals surface area contributed by atoms with Crippen LogP contribution in [0.4, 0.5) is 0 Å². The molecule has 0 heterocycles. The number of amides is 1. The average molecular weight is 327 g/mol. The van der Waals surface area contributed by atoms with Crippen molar-refractivity contribution in [3.63, 3.8) is 0 Å². The van der Waals surface area contributed by atoms with Crippen molar-refractivity contribution in [3.05, 3.63) is 59.7 Å². The SMILES string of the molecule is CCCCCOc1ccc(C(=O)NCc2ccc(OC)cc2)cc1. The van der Waals surface area contributed by atoms with Crippen LogP contribution in [0.3, 0.4) is 0 Å². The van der Waals surface area contributed by atoms with E-state index in [0.717, 1.165) is 30.1 Å². The van der Waals surface area contributed by atoms with Crippen LogP contribution in [0.1, 0.15) is 42.1 Å². The third-order valence-electron chi connectivity index (χ3n) is 3.75. The molecule has 0 saturated heterocycles. The number of benzene rings is 2. The van der Waals surface area contributed by atoms with E-state index in [4.69, 9.17) is 9.47 Å². The minimum atomic E-state index is -0.0941. The molecule has 0 spiro atoms. The zero-order valence-corrected chi connectivity index (χ0v) is 14.4. The maximum absolute atomic E-state index is 12.2. The molecule has 0 aliphatic rings. The summed E-state index contributed by atoms with van der Waals surface area (Å²) < 4.78 is 10.8. The lowest BCUT2D eigenvalue weighted by Crippen LogP contribution is -2.22. The van der Waals surface area contributed by atoms with Crippen LogP contribution in [0, 0.1) is 0 Å². The van der Waals surface area contributed by atoms with Crippen LogP contribution in [-0.4, -0.2) is 19.6 Å². The molecule has 24 heavy (non-hydrogen) atoms. The lowest BCUT2D eigenvalue weighted by molar-refractivity contribution is 0.0951. The highest BCUT2D eigenvalue weighted by atomic mass is 16.5. The van der Waals surface area contributed by atoms with Gasteiger partial charge < -0.3 is 14.8 Å². The van der Waals surface area contributed by atoms with E-state index < -0.39 is 0 Å². The fourth-order valence-corrected chi connectivity index (χ4v) is 2.27. The fourth-order valence-electron chi connectivity index (χ4n) is 2.27. The molecule has 0 radical (unpaired) electrons. The van der Waals surface area contributed by atoms with Crippen molar-refractivity contribution in [2.24, 2.45) is 0 Å². The summed E-state index contributed by atoms with van der Waals surface area (Å²) in [5, 5.41) is 2.91. The van der Waals surface area contributed by atoms with E-state index in [9.17, 15) is 4.79 Å². The van der Waals surface area contributed by atoms with Gasteiger partial charge in [-0.1, -0.05) is 31.9 Å². The number of unbranched alkanes of at least 4 members (excludes halogenated alkanes) is 2. The summed E-state index contributed by atoms with van der Waals surface area (Å²) in [6.07, 6.45) is 3.41. The molecule has 0 saturated carbocycles. The Morgan fingerprint density at radius 1 is 0.958 bits per heavy atom. The van der Waals surface area contributed by atoms with Crippen LogP contribution in [0.5, 0.6) is 11.5 Å². The molecular formula is C20H25NO3. The number of rotatable bonds is 9. The van der Waals surface area contributed by atoms with Crippen molar-refractivity contribution in [2.75, 3.05) is 13.7 Å². The zero-order chi connectivity index (χ0) is 17.2. The Morgan fingerprint density at radius 2 is 1.62 bits per heavy atom. The maximum atomic E-state index is 12.2. The molecule has 2 aromatic rings. The standard InChI is InChI=1S/C20H25NO3/c1-3-4-5-14-24-19-12-8-17(9-13-19)20(22)21-15-16-6-10-18(23-2)11-7-16/h6-13H,3-5,14-15H2,1-2H3,(H,21,22). The molecule has 128 valence electrons. The minimum absolute atomic E-state index is 0.0941. The highest BCUT2D eigenvalue weighted by Gasteiger charge is 2.05. The van der Waals surface area contributed by atoms with Gasteiger partial charge in [-0.05, 0) is 48.4 Å². The molecule has 1 N–H and O–H groups in total. The van der Waals surface area contributed by atoms with Crippen molar-refractivity contribution in [2.45, 2.75) is 32.7 Å². The Kier molecular flexibility index (Phi) is 7.15. The van der Waals surface area contributed by atoms with Crippen molar-refractivity contribution in [1.82, 2.24) is 5.32 Å². The molecule has 0 aromatic heterocycles. The Hall–Kier alpha value is -2.49. The fraction of sp³-hybridized carbons (Fsp3) is 0.350. The number of hydrogen-bond donors (Lipinski definition) is 1. The van der Waals surface area contributed by atoms with Gasteiger partial charge in [-0.3, -0.25) is 4.79 Å². The molecule has 4 heteroatoms. The van der Waals surface area contributed by atoms with E-state index >= 15 is 0 Å². The second-order valence-corrected chi connectivity index (χ2v) is 5.61. The number of carbonyl (C=O) groups is 1. The molecule has 0 atom stereocenters. The van der Waals surface area contributed by atoms with Gasteiger partial charge in [0.15, 0.2) is 0 Å². The van der Waals surface area contributed by atoms with Gasteiger partial charge in [-0.25, -0.2) is 0 Å². The van der Waals surface area contributed by atoms with Crippen LogP contribution in [0.25, 0.3) is 0 Å². The summed E-state index contributed by atoms with van der Waals surface area (Å²) >= 11 is 0. The van der Waals surface area contributed by atoms with Gasteiger partial charge in [0.25, 0.3) is 5.91 Å². The predicted octanol–water partition coefficient (Wildman–Crippen LogP) is 4.19.